The molecule has 0 saturated carbocycles. The Bertz CT molecular complexity index is 303. The number of hydrogen-bond acceptors (Lipinski definition) is 4. The smallest absolute Gasteiger partial charge is 0.150 e. The molecule has 1 fully saturated rings. The maximum absolute atomic E-state index is 9.43. The van der Waals surface area contributed by atoms with Crippen LogP contribution in [0.1, 0.15) is 0 Å². The van der Waals surface area contributed by atoms with Crippen LogP contribution in [0, 0.1) is 0 Å². The number of aliphatic hydroxyl groups is 1. The van der Waals surface area contributed by atoms with Gasteiger partial charge in [-0.25, -0.2) is 4.98 Å². The molecule has 5 heteroatoms. The zero-order valence-electron chi connectivity index (χ0n) is 7.39. The topological polar surface area (TPSA) is 51.6 Å². The number of pyridine rings is 1. The molecule has 1 saturated heterocycles. The summed E-state index contributed by atoms with van der Waals surface area (Å²) in [6.45, 7) is 0.770. The zero-order chi connectivity index (χ0) is 9.97. The first-order chi connectivity index (χ1) is 6.75. The van der Waals surface area contributed by atoms with Gasteiger partial charge in [-0.15, -0.1) is 0 Å². The monoisotopic (exact) mass is 259 g/mol. The Morgan fingerprint density at radius 3 is 2.93 bits per heavy atom. The summed E-state index contributed by atoms with van der Waals surface area (Å²) in [5, 5.41) is 9.43. The van der Waals surface area contributed by atoms with E-state index in [9.17, 15) is 5.11 Å². The highest BCUT2D eigenvalue weighted by Crippen LogP contribution is 2.17. The quantitative estimate of drug-likeness (QED) is 0.805. The molecule has 2 atom stereocenters. The summed E-state index contributed by atoms with van der Waals surface area (Å²) in [6.07, 6.45) is 0.784. The van der Waals surface area contributed by atoms with Crippen LogP contribution < -0.4 is 4.74 Å². The first-order valence-electron chi connectivity index (χ1n) is 4.30. The van der Waals surface area contributed by atoms with Crippen molar-refractivity contribution in [2.75, 3.05) is 13.2 Å². The van der Waals surface area contributed by atoms with E-state index in [-0.39, 0.29) is 6.10 Å². The Labute approximate surface area is 90.0 Å². The predicted molar refractivity (Wildman–Crippen MR) is 53.2 cm³/mol. The summed E-state index contributed by atoms with van der Waals surface area (Å²) in [5.74, 6) is 0.641. The molecular formula is C9H10BrNO3. The minimum Gasteiger partial charge on any atom is -0.484 e. The standard InChI is InChI=1S/C9H10BrNO3/c10-9-2-1-6(3-11-9)14-8-5-13-4-7(8)12/h1-3,7-8,12H,4-5H2/t7-,8-/m0/s1. The summed E-state index contributed by atoms with van der Waals surface area (Å²) in [6, 6.07) is 3.58. The van der Waals surface area contributed by atoms with Gasteiger partial charge in [-0.1, -0.05) is 0 Å². The first-order valence-corrected chi connectivity index (χ1v) is 5.09. The van der Waals surface area contributed by atoms with Crippen molar-refractivity contribution in [3.8, 4) is 5.75 Å². The fourth-order valence-electron chi connectivity index (χ4n) is 1.24. The lowest BCUT2D eigenvalue weighted by Gasteiger charge is -2.14. The highest BCUT2D eigenvalue weighted by Gasteiger charge is 2.27. The summed E-state index contributed by atoms with van der Waals surface area (Å²) in [4.78, 5) is 4.02. The average molecular weight is 260 g/mol. The molecule has 1 aliphatic rings. The molecule has 2 heterocycles. The summed E-state index contributed by atoms with van der Waals surface area (Å²) < 4.78 is 11.3. The van der Waals surface area contributed by atoms with E-state index in [1.165, 1.54) is 0 Å². The average Bonchev–Trinajstić information content (AvgIpc) is 2.56. The lowest BCUT2D eigenvalue weighted by molar-refractivity contribution is 0.0731. The van der Waals surface area contributed by atoms with E-state index in [0.29, 0.717) is 19.0 Å². The van der Waals surface area contributed by atoms with Crippen molar-refractivity contribution in [2.24, 2.45) is 0 Å². The van der Waals surface area contributed by atoms with Gasteiger partial charge in [0.25, 0.3) is 0 Å². The van der Waals surface area contributed by atoms with Crippen LogP contribution in [0.5, 0.6) is 5.75 Å². The van der Waals surface area contributed by atoms with E-state index < -0.39 is 6.10 Å². The number of ether oxygens (including phenoxy) is 2. The van der Waals surface area contributed by atoms with Gasteiger partial charge in [-0.2, -0.15) is 0 Å². The molecule has 1 aromatic rings. The van der Waals surface area contributed by atoms with Crippen LogP contribution in [0.4, 0.5) is 0 Å². The maximum Gasteiger partial charge on any atom is 0.150 e. The number of rotatable bonds is 2. The number of halogens is 1. The summed E-state index contributed by atoms with van der Waals surface area (Å²) in [7, 11) is 0. The van der Waals surface area contributed by atoms with Crippen LogP contribution in [-0.2, 0) is 4.74 Å². The summed E-state index contributed by atoms with van der Waals surface area (Å²) in [5.41, 5.74) is 0. The van der Waals surface area contributed by atoms with Gasteiger partial charge in [-0.3, -0.25) is 0 Å². The van der Waals surface area contributed by atoms with E-state index in [1.807, 2.05) is 0 Å². The van der Waals surface area contributed by atoms with Crippen molar-refractivity contribution in [1.29, 1.82) is 0 Å². The number of nitrogens with zero attached hydrogens (tertiary/aromatic N) is 1. The second-order valence-corrected chi connectivity index (χ2v) is 3.89. The molecular weight excluding hydrogens is 250 g/mol. The van der Waals surface area contributed by atoms with E-state index in [2.05, 4.69) is 20.9 Å². The predicted octanol–water partition coefficient (Wildman–Crippen LogP) is 0.983. The largest absolute Gasteiger partial charge is 0.484 e. The van der Waals surface area contributed by atoms with Crippen molar-refractivity contribution in [3.63, 3.8) is 0 Å². The Kier molecular flexibility index (Phi) is 3.00. The minimum atomic E-state index is -0.543. The van der Waals surface area contributed by atoms with Crippen molar-refractivity contribution in [1.82, 2.24) is 4.98 Å². The molecule has 14 heavy (non-hydrogen) atoms. The second kappa shape index (κ2) is 4.25. The third-order valence-corrected chi connectivity index (χ3v) is 2.46. The van der Waals surface area contributed by atoms with Crippen LogP contribution in [0.3, 0.4) is 0 Å². The third-order valence-electron chi connectivity index (χ3n) is 1.99. The van der Waals surface area contributed by atoms with Gasteiger partial charge in [0.1, 0.15) is 22.6 Å². The molecule has 0 spiro atoms. The maximum atomic E-state index is 9.43. The van der Waals surface area contributed by atoms with Crippen molar-refractivity contribution in [3.05, 3.63) is 22.9 Å². The molecule has 0 amide bonds. The summed E-state index contributed by atoms with van der Waals surface area (Å²) >= 11 is 3.23. The van der Waals surface area contributed by atoms with Gasteiger partial charge in [0.05, 0.1) is 19.4 Å². The number of aromatic nitrogens is 1. The van der Waals surface area contributed by atoms with Gasteiger partial charge < -0.3 is 14.6 Å². The Hall–Kier alpha value is -0.650. The van der Waals surface area contributed by atoms with Crippen LogP contribution in [0.15, 0.2) is 22.9 Å². The molecule has 0 bridgehead atoms. The molecule has 1 N–H and O–H groups in total. The Morgan fingerprint density at radius 2 is 2.36 bits per heavy atom. The molecule has 0 radical (unpaired) electrons. The fourth-order valence-corrected chi connectivity index (χ4v) is 1.48. The molecule has 2 rings (SSSR count). The molecule has 4 nitrogen and oxygen atoms in total. The molecule has 76 valence electrons. The normalized spacial score (nSPS) is 26.4. The van der Waals surface area contributed by atoms with Gasteiger partial charge in [0.2, 0.25) is 0 Å². The van der Waals surface area contributed by atoms with Crippen LogP contribution in [-0.4, -0.2) is 35.5 Å². The molecule has 1 aliphatic heterocycles. The Morgan fingerprint density at radius 1 is 1.50 bits per heavy atom. The zero-order valence-corrected chi connectivity index (χ0v) is 8.98. The molecule has 0 aliphatic carbocycles. The SMILES string of the molecule is O[C@H]1COC[C@@H]1Oc1ccc(Br)nc1. The van der Waals surface area contributed by atoms with E-state index in [4.69, 9.17) is 9.47 Å². The van der Waals surface area contributed by atoms with Crippen LogP contribution in [0.2, 0.25) is 0 Å². The van der Waals surface area contributed by atoms with E-state index in [0.717, 1.165) is 4.60 Å². The van der Waals surface area contributed by atoms with Crippen molar-refractivity contribution in [2.45, 2.75) is 12.2 Å². The third kappa shape index (κ3) is 2.23. The number of aliphatic hydroxyl groups excluding tert-OH is 1. The molecule has 1 aromatic heterocycles. The molecule has 0 aromatic carbocycles. The van der Waals surface area contributed by atoms with Gasteiger partial charge >= 0.3 is 0 Å². The van der Waals surface area contributed by atoms with Gasteiger partial charge in [0, 0.05) is 0 Å². The second-order valence-electron chi connectivity index (χ2n) is 3.08. The highest BCUT2D eigenvalue weighted by molar-refractivity contribution is 9.10. The van der Waals surface area contributed by atoms with Gasteiger partial charge in [0.15, 0.2) is 0 Å². The van der Waals surface area contributed by atoms with Crippen LogP contribution >= 0.6 is 15.9 Å². The first kappa shape index (κ1) is 9.89. The van der Waals surface area contributed by atoms with E-state index >= 15 is 0 Å². The molecule has 0 unspecified atom stereocenters. The van der Waals surface area contributed by atoms with Crippen LogP contribution in [0.25, 0.3) is 0 Å². The lowest BCUT2D eigenvalue weighted by Crippen LogP contribution is -2.29. The lowest BCUT2D eigenvalue weighted by atomic mass is 10.2. The Balaban J connectivity index is 2.00. The van der Waals surface area contributed by atoms with Crippen molar-refractivity contribution < 1.29 is 14.6 Å². The number of hydrogen-bond donors (Lipinski definition) is 1. The van der Waals surface area contributed by atoms with Gasteiger partial charge in [-0.05, 0) is 28.1 Å². The fraction of sp³-hybridized carbons (Fsp3) is 0.444. The highest BCUT2D eigenvalue weighted by atomic mass is 79.9. The van der Waals surface area contributed by atoms with E-state index in [1.54, 1.807) is 18.3 Å². The van der Waals surface area contributed by atoms with Crippen molar-refractivity contribution >= 4 is 15.9 Å². The minimum absolute atomic E-state index is 0.280.